The van der Waals surface area contributed by atoms with E-state index in [2.05, 4.69) is 10.6 Å². The molecular weight excluding hydrogens is 378 g/mol. The zero-order chi connectivity index (χ0) is 20.2. The molecule has 3 heterocycles. The average Bonchev–Trinajstić information content (AvgIpc) is 3.44. The van der Waals surface area contributed by atoms with Crippen molar-refractivity contribution < 1.29 is 28.3 Å². The molecular formula is C20H21N3O6. The summed E-state index contributed by atoms with van der Waals surface area (Å²) in [6.45, 7) is 0.744. The minimum absolute atomic E-state index is 0.132. The second-order valence-corrected chi connectivity index (χ2v) is 6.83. The second kappa shape index (κ2) is 8.26. The maximum Gasteiger partial charge on any atom is 0.325 e. The van der Waals surface area contributed by atoms with E-state index in [0.717, 1.165) is 16.2 Å². The van der Waals surface area contributed by atoms with Gasteiger partial charge in [-0.3, -0.25) is 14.5 Å². The van der Waals surface area contributed by atoms with E-state index < -0.39 is 12.1 Å². The van der Waals surface area contributed by atoms with E-state index in [1.54, 1.807) is 30.5 Å². The molecule has 1 atom stereocenters. The van der Waals surface area contributed by atoms with Crippen LogP contribution in [0.3, 0.4) is 0 Å². The Hall–Kier alpha value is -3.49. The number of hydrogen-bond acceptors (Lipinski definition) is 6. The lowest BCUT2D eigenvalue weighted by molar-refractivity contribution is -0.128. The molecule has 1 aromatic carbocycles. The average molecular weight is 399 g/mol. The molecule has 29 heavy (non-hydrogen) atoms. The number of amides is 4. The maximum absolute atomic E-state index is 12.6. The van der Waals surface area contributed by atoms with E-state index in [9.17, 15) is 14.4 Å². The number of ether oxygens (including phenoxy) is 2. The maximum atomic E-state index is 12.6. The van der Waals surface area contributed by atoms with Gasteiger partial charge in [0.2, 0.25) is 12.7 Å². The molecule has 0 radical (unpaired) electrons. The molecule has 1 saturated heterocycles. The van der Waals surface area contributed by atoms with Crippen molar-refractivity contribution in [2.45, 2.75) is 31.8 Å². The predicted molar refractivity (Wildman–Crippen MR) is 100 cm³/mol. The van der Waals surface area contributed by atoms with Gasteiger partial charge in [-0.15, -0.1) is 0 Å². The molecule has 9 heteroatoms. The first-order valence-electron chi connectivity index (χ1n) is 9.39. The summed E-state index contributed by atoms with van der Waals surface area (Å²) in [6.07, 6.45) is 2.57. The standard InChI is InChI=1S/C20H21N3O6/c24-18(21-8-7-14-2-1-9-27-14)6-4-15-19(25)23(20(26)22-15)11-13-3-5-16-17(10-13)29-12-28-16/h1-3,5,9-10,15H,4,6-8,11-12H2,(H,21,24)(H,22,26). The molecule has 4 rings (SSSR count). The highest BCUT2D eigenvalue weighted by atomic mass is 16.7. The molecule has 2 aliphatic rings. The molecule has 0 saturated carbocycles. The molecule has 9 nitrogen and oxygen atoms in total. The molecule has 4 amide bonds. The minimum Gasteiger partial charge on any atom is -0.469 e. The van der Waals surface area contributed by atoms with Crippen LogP contribution in [0.1, 0.15) is 24.2 Å². The minimum atomic E-state index is -0.702. The Balaban J connectivity index is 1.25. The summed E-state index contributed by atoms with van der Waals surface area (Å²) in [5.41, 5.74) is 0.758. The quantitative estimate of drug-likeness (QED) is 0.652. The molecule has 2 aliphatic heterocycles. The SMILES string of the molecule is O=C(CCC1NC(=O)N(Cc2ccc3c(c2)OCO3)C1=O)NCCc1ccco1. The van der Waals surface area contributed by atoms with Crippen molar-refractivity contribution in [3.8, 4) is 11.5 Å². The van der Waals surface area contributed by atoms with Crippen LogP contribution >= 0.6 is 0 Å². The molecule has 0 spiro atoms. The zero-order valence-corrected chi connectivity index (χ0v) is 15.7. The summed E-state index contributed by atoms with van der Waals surface area (Å²) in [6, 6.07) is 7.76. The van der Waals surface area contributed by atoms with Gasteiger partial charge in [0.25, 0.3) is 5.91 Å². The first-order valence-corrected chi connectivity index (χ1v) is 9.39. The summed E-state index contributed by atoms with van der Waals surface area (Å²) in [5.74, 6) is 1.52. The lowest BCUT2D eigenvalue weighted by Gasteiger charge is -2.13. The largest absolute Gasteiger partial charge is 0.469 e. The number of urea groups is 1. The highest BCUT2D eigenvalue weighted by molar-refractivity contribution is 6.04. The third-order valence-corrected chi connectivity index (χ3v) is 4.82. The van der Waals surface area contributed by atoms with Crippen LogP contribution in [-0.2, 0) is 22.6 Å². The Morgan fingerprint density at radius 2 is 2.07 bits per heavy atom. The Morgan fingerprint density at radius 1 is 1.21 bits per heavy atom. The number of benzene rings is 1. The lowest BCUT2D eigenvalue weighted by Crippen LogP contribution is -2.33. The molecule has 1 unspecified atom stereocenters. The number of carbonyl (C=O) groups is 3. The van der Waals surface area contributed by atoms with E-state index in [1.165, 1.54) is 0 Å². The van der Waals surface area contributed by atoms with Crippen LogP contribution in [0.2, 0.25) is 0 Å². The van der Waals surface area contributed by atoms with E-state index in [0.29, 0.717) is 24.5 Å². The van der Waals surface area contributed by atoms with Crippen molar-refractivity contribution in [1.29, 1.82) is 0 Å². The Labute approximate surface area is 166 Å². The molecule has 1 fully saturated rings. The summed E-state index contributed by atoms with van der Waals surface area (Å²) in [4.78, 5) is 37.9. The highest BCUT2D eigenvalue weighted by Crippen LogP contribution is 2.33. The van der Waals surface area contributed by atoms with Crippen molar-refractivity contribution in [2.24, 2.45) is 0 Å². The number of carbonyl (C=O) groups excluding carboxylic acids is 3. The van der Waals surface area contributed by atoms with Crippen molar-refractivity contribution in [3.63, 3.8) is 0 Å². The lowest BCUT2D eigenvalue weighted by atomic mass is 10.1. The highest BCUT2D eigenvalue weighted by Gasteiger charge is 2.38. The van der Waals surface area contributed by atoms with Crippen LogP contribution in [0.15, 0.2) is 41.0 Å². The molecule has 2 N–H and O–H groups in total. The summed E-state index contributed by atoms with van der Waals surface area (Å²) in [7, 11) is 0. The van der Waals surface area contributed by atoms with E-state index >= 15 is 0 Å². The van der Waals surface area contributed by atoms with E-state index in [1.807, 2.05) is 6.07 Å². The first kappa shape index (κ1) is 18.9. The third kappa shape index (κ3) is 4.34. The number of rotatable bonds is 8. The summed E-state index contributed by atoms with van der Waals surface area (Å²) >= 11 is 0. The molecule has 0 aliphatic carbocycles. The van der Waals surface area contributed by atoms with Gasteiger partial charge in [0.1, 0.15) is 11.8 Å². The fourth-order valence-electron chi connectivity index (χ4n) is 3.29. The van der Waals surface area contributed by atoms with Crippen molar-refractivity contribution in [2.75, 3.05) is 13.3 Å². The van der Waals surface area contributed by atoms with Gasteiger partial charge in [-0.2, -0.15) is 0 Å². The molecule has 0 bridgehead atoms. The number of imide groups is 1. The van der Waals surface area contributed by atoms with Crippen LogP contribution < -0.4 is 20.1 Å². The van der Waals surface area contributed by atoms with Crippen molar-refractivity contribution >= 4 is 17.8 Å². The van der Waals surface area contributed by atoms with Crippen molar-refractivity contribution in [3.05, 3.63) is 47.9 Å². The number of fused-ring (bicyclic) bond motifs is 1. The van der Waals surface area contributed by atoms with Gasteiger partial charge in [0.05, 0.1) is 12.8 Å². The second-order valence-electron chi connectivity index (χ2n) is 6.83. The van der Waals surface area contributed by atoms with E-state index in [4.69, 9.17) is 13.9 Å². The predicted octanol–water partition coefficient (Wildman–Crippen LogP) is 1.57. The monoisotopic (exact) mass is 399 g/mol. The van der Waals surface area contributed by atoms with Crippen LogP contribution in [0, 0.1) is 0 Å². The third-order valence-electron chi connectivity index (χ3n) is 4.82. The number of furan rings is 1. The van der Waals surface area contributed by atoms with Gasteiger partial charge in [-0.25, -0.2) is 4.79 Å². The summed E-state index contributed by atoms with van der Waals surface area (Å²) < 4.78 is 15.8. The van der Waals surface area contributed by atoms with Crippen LogP contribution in [0.4, 0.5) is 4.79 Å². The fourth-order valence-corrected chi connectivity index (χ4v) is 3.29. The summed E-state index contributed by atoms with van der Waals surface area (Å²) in [5, 5.41) is 5.43. The van der Waals surface area contributed by atoms with Gasteiger partial charge in [0.15, 0.2) is 11.5 Å². The van der Waals surface area contributed by atoms with Gasteiger partial charge in [-0.05, 0) is 36.2 Å². The van der Waals surface area contributed by atoms with Gasteiger partial charge in [-0.1, -0.05) is 6.07 Å². The smallest absolute Gasteiger partial charge is 0.325 e. The van der Waals surface area contributed by atoms with Gasteiger partial charge in [0, 0.05) is 19.4 Å². The van der Waals surface area contributed by atoms with Crippen LogP contribution in [0.25, 0.3) is 0 Å². The number of nitrogens with one attached hydrogen (secondary N) is 2. The molecule has 1 aromatic heterocycles. The topological polar surface area (TPSA) is 110 Å². The van der Waals surface area contributed by atoms with Gasteiger partial charge >= 0.3 is 6.03 Å². The molecule has 2 aromatic rings. The van der Waals surface area contributed by atoms with Gasteiger partial charge < -0.3 is 24.5 Å². The molecule has 152 valence electrons. The Kier molecular flexibility index (Phi) is 5.37. The number of hydrogen-bond donors (Lipinski definition) is 2. The Bertz CT molecular complexity index is 911. The van der Waals surface area contributed by atoms with Crippen LogP contribution in [-0.4, -0.2) is 42.1 Å². The fraction of sp³-hybridized carbons (Fsp3) is 0.350. The van der Waals surface area contributed by atoms with Crippen molar-refractivity contribution in [1.82, 2.24) is 15.5 Å². The zero-order valence-electron chi connectivity index (χ0n) is 15.7. The normalized spacial score (nSPS) is 17.5. The first-order chi connectivity index (χ1) is 14.1. The Morgan fingerprint density at radius 3 is 2.90 bits per heavy atom. The van der Waals surface area contributed by atoms with Crippen LogP contribution in [0.5, 0.6) is 11.5 Å². The van der Waals surface area contributed by atoms with E-state index in [-0.39, 0.29) is 38.0 Å². The number of nitrogens with zero attached hydrogens (tertiary/aromatic N) is 1.